The van der Waals surface area contributed by atoms with Crippen LogP contribution in [-0.2, 0) is 24.9 Å². The molecule has 0 amide bonds. The Labute approximate surface area is 74.8 Å². The number of hydrogen-bond acceptors (Lipinski definition) is 6. The van der Waals surface area contributed by atoms with Gasteiger partial charge in [-0.2, -0.15) is 4.89 Å². The Hall–Kier alpha value is -0.890. The van der Waals surface area contributed by atoms with Gasteiger partial charge in [0, 0.05) is 10.1 Å². The first kappa shape index (κ1) is 12.1. The summed E-state index contributed by atoms with van der Waals surface area (Å²) in [6, 6.07) is 0. The van der Waals surface area contributed by atoms with Crippen molar-refractivity contribution < 1.29 is 34.8 Å². The fourth-order valence-corrected chi connectivity index (χ4v) is 0.219. The molecule has 13 heavy (non-hydrogen) atoms. The zero-order valence-electron chi connectivity index (χ0n) is 7.60. The fourth-order valence-electron chi connectivity index (χ4n) is 0.219. The molecule has 0 radical (unpaired) electrons. The van der Waals surface area contributed by atoms with E-state index < -0.39 is 11.8 Å². The highest BCUT2D eigenvalue weighted by Crippen LogP contribution is 2.13. The third-order valence-corrected chi connectivity index (χ3v) is 1.27. The maximum Gasteiger partial charge on any atom is 0.540 e. The molecular formula is C6H12O7. The zero-order valence-corrected chi connectivity index (χ0v) is 7.60. The fraction of sp³-hybridized carbons (Fsp3) is 0.833. The Bertz CT molecular complexity index is 155. The van der Waals surface area contributed by atoms with Crippen LogP contribution in [0.5, 0.6) is 0 Å². The molecule has 0 bridgehead atoms. The van der Waals surface area contributed by atoms with Crippen LogP contribution in [0.15, 0.2) is 0 Å². The van der Waals surface area contributed by atoms with Crippen LogP contribution in [0.25, 0.3) is 0 Å². The summed E-state index contributed by atoms with van der Waals surface area (Å²) < 4.78 is 0. The molecule has 7 nitrogen and oxygen atoms in total. The van der Waals surface area contributed by atoms with Crippen LogP contribution in [0.1, 0.15) is 27.2 Å². The van der Waals surface area contributed by atoms with Gasteiger partial charge < -0.3 is 5.11 Å². The first-order valence-corrected chi connectivity index (χ1v) is 3.56. The van der Waals surface area contributed by atoms with Crippen molar-refractivity contribution >= 4 is 6.16 Å². The van der Waals surface area contributed by atoms with Gasteiger partial charge in [0.25, 0.3) is 0 Å². The van der Waals surface area contributed by atoms with Gasteiger partial charge >= 0.3 is 6.16 Å². The van der Waals surface area contributed by atoms with Crippen LogP contribution in [0.3, 0.4) is 0 Å². The van der Waals surface area contributed by atoms with Gasteiger partial charge in [-0.1, -0.05) is 6.92 Å². The Kier molecular flexibility index (Phi) is 5.31. The lowest BCUT2D eigenvalue weighted by Crippen LogP contribution is -2.23. The molecule has 0 aliphatic rings. The zero-order chi connectivity index (χ0) is 10.3. The summed E-state index contributed by atoms with van der Waals surface area (Å²) in [5.41, 5.74) is -0.549. The highest BCUT2D eigenvalue weighted by Gasteiger charge is 2.17. The van der Waals surface area contributed by atoms with E-state index in [1.54, 1.807) is 13.8 Å². The maximum absolute atomic E-state index is 9.69. The highest BCUT2D eigenvalue weighted by atomic mass is 17.8. The van der Waals surface area contributed by atoms with Gasteiger partial charge in [-0.05, 0) is 25.3 Å². The van der Waals surface area contributed by atoms with Crippen LogP contribution in [0.4, 0.5) is 4.79 Å². The quantitative estimate of drug-likeness (QED) is 0.392. The topological polar surface area (TPSA) is 83.5 Å². The van der Waals surface area contributed by atoms with Crippen molar-refractivity contribution in [1.29, 1.82) is 0 Å². The van der Waals surface area contributed by atoms with E-state index in [0.29, 0.717) is 6.42 Å². The smallest absolute Gasteiger partial charge is 0.448 e. The molecule has 0 aromatic heterocycles. The van der Waals surface area contributed by atoms with Crippen LogP contribution < -0.4 is 0 Å². The number of hydrogen-bond donors (Lipinski definition) is 1. The van der Waals surface area contributed by atoms with Crippen molar-refractivity contribution in [3.8, 4) is 0 Å². The normalized spacial score (nSPS) is 11.3. The van der Waals surface area contributed by atoms with Gasteiger partial charge in [-0.25, -0.2) is 9.68 Å². The molecule has 1 N–H and O–H groups in total. The first-order chi connectivity index (χ1) is 5.98. The minimum atomic E-state index is -1.65. The predicted octanol–water partition coefficient (Wildman–Crippen LogP) is 1.60. The molecule has 0 saturated carbocycles. The van der Waals surface area contributed by atoms with Crippen molar-refractivity contribution in [2.45, 2.75) is 32.8 Å². The minimum Gasteiger partial charge on any atom is -0.448 e. The van der Waals surface area contributed by atoms with Crippen LogP contribution in [0, 0.1) is 0 Å². The summed E-state index contributed by atoms with van der Waals surface area (Å²) in [7, 11) is 0. The van der Waals surface area contributed by atoms with E-state index in [9.17, 15) is 4.79 Å². The average Bonchev–Trinajstić information content (AvgIpc) is 2.03. The molecule has 0 aliphatic carbocycles. The van der Waals surface area contributed by atoms with Gasteiger partial charge in [-0.3, -0.25) is 0 Å². The van der Waals surface area contributed by atoms with E-state index in [0.717, 1.165) is 0 Å². The van der Waals surface area contributed by atoms with E-state index in [4.69, 9.17) is 5.11 Å². The van der Waals surface area contributed by atoms with E-state index >= 15 is 0 Å². The van der Waals surface area contributed by atoms with Gasteiger partial charge in [0.15, 0.2) is 0 Å². The molecule has 0 heterocycles. The Morgan fingerprint density at radius 2 is 1.92 bits per heavy atom. The summed E-state index contributed by atoms with van der Waals surface area (Å²) in [5.74, 6) is 0. The summed E-state index contributed by atoms with van der Waals surface area (Å²) in [6.07, 6.45) is -0.978. The number of carbonyl (C=O) groups is 1. The van der Waals surface area contributed by atoms with Crippen LogP contribution >= 0.6 is 0 Å². The third kappa shape index (κ3) is 7.47. The highest BCUT2D eigenvalue weighted by molar-refractivity contribution is 5.55. The van der Waals surface area contributed by atoms with Crippen molar-refractivity contribution in [1.82, 2.24) is 0 Å². The van der Waals surface area contributed by atoms with E-state index in [2.05, 4.69) is 24.9 Å². The van der Waals surface area contributed by atoms with Gasteiger partial charge in [0.1, 0.15) is 5.60 Å². The lowest BCUT2D eigenvalue weighted by atomic mass is 10.1. The second-order valence-electron chi connectivity index (χ2n) is 2.75. The summed E-state index contributed by atoms with van der Waals surface area (Å²) >= 11 is 0. The van der Waals surface area contributed by atoms with Crippen LogP contribution in [-0.4, -0.2) is 16.9 Å². The molecule has 78 valence electrons. The summed E-state index contributed by atoms with van der Waals surface area (Å²) in [6.45, 7) is 5.36. The van der Waals surface area contributed by atoms with E-state index in [1.165, 1.54) is 0 Å². The largest absolute Gasteiger partial charge is 0.540 e. The molecular weight excluding hydrogens is 184 g/mol. The average molecular weight is 196 g/mol. The van der Waals surface area contributed by atoms with E-state index in [1.807, 2.05) is 6.92 Å². The van der Waals surface area contributed by atoms with Crippen molar-refractivity contribution in [3.05, 3.63) is 0 Å². The Balaban J connectivity index is 3.30. The van der Waals surface area contributed by atoms with Crippen molar-refractivity contribution in [2.24, 2.45) is 0 Å². The summed E-state index contributed by atoms with van der Waals surface area (Å²) in [5, 5.41) is 19.3. The van der Waals surface area contributed by atoms with Crippen molar-refractivity contribution in [2.75, 3.05) is 0 Å². The molecule has 0 spiro atoms. The SMILES string of the molecule is CCC(C)(C)OOOOOC(=O)O. The molecule has 0 saturated heterocycles. The standard InChI is InChI=1S/C6H12O7/c1-4-6(2,3)10-12-13-11-9-5(7)8/h4H2,1-3H3,(H,7,8). The molecule has 0 unspecified atom stereocenters. The second kappa shape index (κ2) is 5.70. The molecule has 0 aromatic rings. The molecule has 0 atom stereocenters. The predicted molar refractivity (Wildman–Crippen MR) is 37.8 cm³/mol. The van der Waals surface area contributed by atoms with Gasteiger partial charge in [0.05, 0.1) is 0 Å². The van der Waals surface area contributed by atoms with E-state index in [-0.39, 0.29) is 0 Å². The van der Waals surface area contributed by atoms with Gasteiger partial charge in [-0.15, -0.1) is 0 Å². The molecule has 0 aliphatic heterocycles. The molecule has 7 heteroatoms. The van der Waals surface area contributed by atoms with Gasteiger partial charge in [0.2, 0.25) is 0 Å². The molecule has 0 fully saturated rings. The number of rotatable bonds is 6. The molecule has 0 aromatic carbocycles. The number of carboxylic acid groups (broad SMARTS) is 1. The first-order valence-electron chi connectivity index (χ1n) is 3.56. The molecule has 0 rings (SSSR count). The van der Waals surface area contributed by atoms with Crippen LogP contribution in [0.2, 0.25) is 0 Å². The maximum atomic E-state index is 9.69. The minimum absolute atomic E-state index is 0.549. The monoisotopic (exact) mass is 196 g/mol. The lowest BCUT2D eigenvalue weighted by molar-refractivity contribution is -0.708. The second-order valence-corrected chi connectivity index (χ2v) is 2.75. The van der Waals surface area contributed by atoms with Crippen molar-refractivity contribution in [3.63, 3.8) is 0 Å². The summed E-state index contributed by atoms with van der Waals surface area (Å²) in [4.78, 5) is 17.8. The third-order valence-electron chi connectivity index (χ3n) is 1.27. The Morgan fingerprint density at radius 3 is 2.38 bits per heavy atom. The lowest BCUT2D eigenvalue weighted by Gasteiger charge is -2.18. The Morgan fingerprint density at radius 1 is 1.31 bits per heavy atom.